The molecule has 0 atom stereocenters. The zero-order valence-electron chi connectivity index (χ0n) is 15.3. The number of nitrogens with zero attached hydrogens (tertiary/aromatic N) is 2. The lowest BCUT2D eigenvalue weighted by Gasteiger charge is -2.23. The first-order valence-corrected chi connectivity index (χ1v) is 9.28. The summed E-state index contributed by atoms with van der Waals surface area (Å²) in [5, 5.41) is 0. The molecule has 140 valence electrons. The standard InChI is InChI=1S/C22H24N2O3/c25-20(22-23-13-15-27-22)16-21(26)24(17-19-10-5-2-6-11-19)14-7-12-18-8-3-1-4-9-18/h1-6,8-11H,7,12-17H2. The summed E-state index contributed by atoms with van der Waals surface area (Å²) in [5.74, 6) is -0.430. The van der Waals surface area contributed by atoms with Gasteiger partial charge in [-0.05, 0) is 24.0 Å². The Morgan fingerprint density at radius 2 is 1.63 bits per heavy atom. The number of Topliss-reactive ketones (excluding diaryl/α,β-unsaturated/α-hetero) is 1. The van der Waals surface area contributed by atoms with Crippen LogP contribution in [0, 0.1) is 0 Å². The molecule has 0 aromatic heterocycles. The second-order valence-corrected chi connectivity index (χ2v) is 6.53. The van der Waals surface area contributed by atoms with Crippen LogP contribution in [-0.4, -0.2) is 42.2 Å². The van der Waals surface area contributed by atoms with Gasteiger partial charge in [-0.2, -0.15) is 0 Å². The Morgan fingerprint density at radius 3 is 2.26 bits per heavy atom. The molecule has 0 aliphatic carbocycles. The maximum atomic E-state index is 12.8. The lowest BCUT2D eigenvalue weighted by atomic mass is 10.1. The fourth-order valence-electron chi connectivity index (χ4n) is 3.04. The molecule has 1 amide bonds. The molecule has 0 bridgehead atoms. The highest BCUT2D eigenvalue weighted by Crippen LogP contribution is 2.10. The highest BCUT2D eigenvalue weighted by molar-refractivity contribution is 6.39. The van der Waals surface area contributed by atoms with Crippen molar-refractivity contribution in [1.29, 1.82) is 0 Å². The van der Waals surface area contributed by atoms with E-state index in [4.69, 9.17) is 4.74 Å². The van der Waals surface area contributed by atoms with Crippen LogP contribution < -0.4 is 0 Å². The second kappa shape index (κ2) is 9.67. The van der Waals surface area contributed by atoms with Gasteiger partial charge in [-0.1, -0.05) is 60.7 Å². The lowest BCUT2D eigenvalue weighted by Crippen LogP contribution is -2.34. The quantitative estimate of drug-likeness (QED) is 0.643. The minimum absolute atomic E-state index is 0.0901. The van der Waals surface area contributed by atoms with Gasteiger partial charge in [-0.3, -0.25) is 9.59 Å². The van der Waals surface area contributed by atoms with E-state index < -0.39 is 0 Å². The van der Waals surface area contributed by atoms with Crippen LogP contribution in [0.15, 0.2) is 65.7 Å². The molecule has 1 aliphatic rings. The molecular formula is C22H24N2O3. The van der Waals surface area contributed by atoms with E-state index in [1.165, 1.54) is 5.56 Å². The van der Waals surface area contributed by atoms with E-state index in [-0.39, 0.29) is 24.0 Å². The van der Waals surface area contributed by atoms with E-state index in [2.05, 4.69) is 17.1 Å². The normalized spacial score (nSPS) is 13.0. The molecule has 0 saturated heterocycles. The minimum Gasteiger partial charge on any atom is -0.473 e. The van der Waals surface area contributed by atoms with Gasteiger partial charge in [0.15, 0.2) is 0 Å². The molecule has 0 spiro atoms. The number of hydrogen-bond donors (Lipinski definition) is 0. The average Bonchev–Trinajstić information content (AvgIpc) is 3.24. The summed E-state index contributed by atoms with van der Waals surface area (Å²) in [6.07, 6.45) is 1.54. The number of rotatable bonds is 9. The van der Waals surface area contributed by atoms with Gasteiger partial charge in [0.2, 0.25) is 11.7 Å². The Kier molecular flexibility index (Phi) is 6.74. The van der Waals surface area contributed by atoms with Crippen LogP contribution in [0.4, 0.5) is 0 Å². The number of ether oxygens (including phenoxy) is 1. The van der Waals surface area contributed by atoms with Gasteiger partial charge in [0.25, 0.3) is 5.90 Å². The molecule has 27 heavy (non-hydrogen) atoms. The third-order valence-corrected chi connectivity index (χ3v) is 4.44. The van der Waals surface area contributed by atoms with Crippen molar-refractivity contribution < 1.29 is 14.3 Å². The highest BCUT2D eigenvalue weighted by Gasteiger charge is 2.23. The number of aryl methyl sites for hydroxylation is 1. The van der Waals surface area contributed by atoms with E-state index in [1.807, 2.05) is 48.5 Å². The van der Waals surface area contributed by atoms with Gasteiger partial charge in [0.05, 0.1) is 13.0 Å². The number of ketones is 1. The fourth-order valence-corrected chi connectivity index (χ4v) is 3.04. The maximum absolute atomic E-state index is 12.8. The summed E-state index contributed by atoms with van der Waals surface area (Å²) in [6.45, 7) is 2.00. The van der Waals surface area contributed by atoms with Gasteiger partial charge in [0, 0.05) is 13.1 Å². The molecule has 1 heterocycles. The molecule has 0 unspecified atom stereocenters. The van der Waals surface area contributed by atoms with Crippen LogP contribution in [-0.2, 0) is 27.3 Å². The van der Waals surface area contributed by atoms with Gasteiger partial charge in [0.1, 0.15) is 6.61 Å². The predicted octanol–water partition coefficient (Wildman–Crippen LogP) is 3.04. The number of amides is 1. The van der Waals surface area contributed by atoms with Crippen molar-refractivity contribution in [2.75, 3.05) is 19.7 Å². The zero-order chi connectivity index (χ0) is 18.9. The topological polar surface area (TPSA) is 59.0 Å². The van der Waals surface area contributed by atoms with Crippen LogP contribution in [0.1, 0.15) is 24.0 Å². The van der Waals surface area contributed by atoms with Crippen molar-refractivity contribution in [3.05, 3.63) is 71.8 Å². The van der Waals surface area contributed by atoms with Gasteiger partial charge in [-0.25, -0.2) is 4.99 Å². The van der Waals surface area contributed by atoms with Gasteiger partial charge in [-0.15, -0.1) is 0 Å². The monoisotopic (exact) mass is 364 g/mol. The average molecular weight is 364 g/mol. The van der Waals surface area contributed by atoms with Crippen LogP contribution in [0.2, 0.25) is 0 Å². The number of aliphatic imine (C=N–C) groups is 1. The summed E-state index contributed by atoms with van der Waals surface area (Å²) in [7, 11) is 0. The molecule has 0 N–H and O–H groups in total. The molecule has 0 fully saturated rings. The van der Waals surface area contributed by atoms with Crippen molar-refractivity contribution >= 4 is 17.6 Å². The third-order valence-electron chi connectivity index (χ3n) is 4.44. The molecule has 2 aromatic rings. The van der Waals surface area contributed by atoms with Gasteiger partial charge < -0.3 is 9.64 Å². The van der Waals surface area contributed by atoms with Crippen LogP contribution in [0.3, 0.4) is 0 Å². The zero-order valence-corrected chi connectivity index (χ0v) is 15.3. The Labute approximate surface area is 159 Å². The van der Waals surface area contributed by atoms with Crippen molar-refractivity contribution in [2.24, 2.45) is 4.99 Å². The Morgan fingerprint density at radius 1 is 0.963 bits per heavy atom. The van der Waals surface area contributed by atoms with E-state index in [0.717, 1.165) is 18.4 Å². The van der Waals surface area contributed by atoms with Crippen LogP contribution >= 0.6 is 0 Å². The molecule has 1 aliphatic heterocycles. The van der Waals surface area contributed by atoms with Crippen molar-refractivity contribution in [3.8, 4) is 0 Å². The van der Waals surface area contributed by atoms with Crippen molar-refractivity contribution in [3.63, 3.8) is 0 Å². The van der Waals surface area contributed by atoms with Crippen molar-refractivity contribution in [1.82, 2.24) is 4.90 Å². The van der Waals surface area contributed by atoms with E-state index in [9.17, 15) is 9.59 Å². The molecule has 2 aromatic carbocycles. The highest BCUT2D eigenvalue weighted by atomic mass is 16.5. The molecule has 5 nitrogen and oxygen atoms in total. The summed E-state index contributed by atoms with van der Waals surface area (Å²) < 4.78 is 5.18. The minimum atomic E-state index is -0.335. The second-order valence-electron chi connectivity index (χ2n) is 6.53. The Hall–Kier alpha value is -2.95. The van der Waals surface area contributed by atoms with Crippen LogP contribution in [0.5, 0.6) is 0 Å². The number of carbonyl (C=O) groups excluding carboxylic acids is 2. The first kappa shape index (κ1) is 18.8. The summed E-state index contributed by atoms with van der Waals surface area (Å²) in [4.78, 5) is 30.7. The maximum Gasteiger partial charge on any atom is 0.254 e. The van der Waals surface area contributed by atoms with E-state index >= 15 is 0 Å². The SMILES string of the molecule is O=C(CC(=O)N(CCCc1ccccc1)Cc1ccccc1)C1=NCCO1. The Balaban J connectivity index is 1.61. The number of carbonyl (C=O) groups is 2. The summed E-state index contributed by atoms with van der Waals surface area (Å²) >= 11 is 0. The lowest BCUT2D eigenvalue weighted by molar-refractivity contribution is -0.134. The van der Waals surface area contributed by atoms with Gasteiger partial charge >= 0.3 is 0 Å². The molecule has 3 rings (SSSR count). The summed E-state index contributed by atoms with van der Waals surface area (Å²) in [5.41, 5.74) is 2.29. The van der Waals surface area contributed by atoms with E-state index in [1.54, 1.807) is 4.90 Å². The Bertz CT molecular complexity index is 788. The summed E-state index contributed by atoms with van der Waals surface area (Å²) in [6, 6.07) is 20.0. The molecule has 0 saturated carbocycles. The molecular weight excluding hydrogens is 340 g/mol. The first-order chi connectivity index (χ1) is 13.2. The molecule has 5 heteroatoms. The smallest absolute Gasteiger partial charge is 0.254 e. The van der Waals surface area contributed by atoms with Crippen molar-refractivity contribution in [2.45, 2.75) is 25.8 Å². The third kappa shape index (κ3) is 5.78. The number of hydrogen-bond acceptors (Lipinski definition) is 4. The first-order valence-electron chi connectivity index (χ1n) is 9.28. The number of benzene rings is 2. The predicted molar refractivity (Wildman–Crippen MR) is 105 cm³/mol. The largest absolute Gasteiger partial charge is 0.473 e. The molecule has 0 radical (unpaired) electrons. The van der Waals surface area contributed by atoms with E-state index in [0.29, 0.717) is 26.2 Å². The fraction of sp³-hybridized carbons (Fsp3) is 0.318. The van der Waals surface area contributed by atoms with Crippen LogP contribution in [0.25, 0.3) is 0 Å².